The molecule has 0 spiro atoms. The van der Waals surface area contributed by atoms with E-state index in [0.717, 1.165) is 0 Å². The van der Waals surface area contributed by atoms with Gasteiger partial charge in [0, 0.05) is 13.1 Å². The Labute approximate surface area is 130 Å². The molecular formula is C13H15ClF2N2O2S. The zero-order chi connectivity index (χ0) is 15.8. The fourth-order valence-corrected chi connectivity index (χ4v) is 2.48. The van der Waals surface area contributed by atoms with Gasteiger partial charge in [-0.05, 0) is 12.1 Å². The first-order valence-corrected chi connectivity index (χ1v) is 7.26. The third-order valence-electron chi connectivity index (χ3n) is 2.42. The van der Waals surface area contributed by atoms with Gasteiger partial charge >= 0.3 is 6.03 Å². The van der Waals surface area contributed by atoms with Crippen LogP contribution in [0, 0.1) is 0 Å². The SMILES string of the molecule is C=CCN(CCO)C(=O)Nc1cccc(Cl)c1SC(F)F. The Hall–Kier alpha value is -1.31. The number of rotatable bonds is 7. The number of anilines is 1. The van der Waals surface area contributed by atoms with Gasteiger partial charge in [-0.2, -0.15) is 8.78 Å². The Morgan fingerprint density at radius 2 is 2.29 bits per heavy atom. The average Bonchev–Trinajstić information content (AvgIpc) is 2.42. The third kappa shape index (κ3) is 5.53. The van der Waals surface area contributed by atoms with Crippen molar-refractivity contribution in [3.8, 4) is 0 Å². The second kappa shape index (κ2) is 8.86. The van der Waals surface area contributed by atoms with Crippen LogP contribution in [0.25, 0.3) is 0 Å². The molecule has 0 aliphatic heterocycles. The predicted octanol–water partition coefficient (Wildman–Crippen LogP) is 3.67. The summed E-state index contributed by atoms with van der Waals surface area (Å²) in [5, 5.41) is 11.6. The van der Waals surface area contributed by atoms with Crippen molar-refractivity contribution in [1.29, 1.82) is 0 Å². The fraction of sp³-hybridized carbons (Fsp3) is 0.308. The topological polar surface area (TPSA) is 52.6 Å². The average molecular weight is 337 g/mol. The standard InChI is InChI=1S/C13H15ClF2N2O2S/c1-2-6-18(7-8-19)13(20)17-10-5-3-4-9(14)11(10)21-12(15)16/h2-5,12,19H,1,6-8H2,(H,17,20). The van der Waals surface area contributed by atoms with E-state index in [1.807, 2.05) is 0 Å². The number of amides is 2. The minimum absolute atomic E-state index is 0.102. The first kappa shape index (κ1) is 17.7. The third-order valence-corrected chi connectivity index (χ3v) is 3.70. The number of aliphatic hydroxyl groups is 1. The van der Waals surface area contributed by atoms with E-state index in [2.05, 4.69) is 11.9 Å². The number of aliphatic hydroxyl groups excluding tert-OH is 1. The fourth-order valence-electron chi connectivity index (χ4n) is 1.56. The summed E-state index contributed by atoms with van der Waals surface area (Å²) in [4.78, 5) is 13.5. The Morgan fingerprint density at radius 3 is 2.86 bits per heavy atom. The summed E-state index contributed by atoms with van der Waals surface area (Å²) in [5.41, 5.74) is 0.199. The Morgan fingerprint density at radius 1 is 1.57 bits per heavy atom. The Balaban J connectivity index is 2.92. The lowest BCUT2D eigenvalue weighted by Gasteiger charge is -2.21. The van der Waals surface area contributed by atoms with Gasteiger partial charge in [0.25, 0.3) is 5.76 Å². The number of carbonyl (C=O) groups is 1. The van der Waals surface area contributed by atoms with Crippen LogP contribution in [0.5, 0.6) is 0 Å². The molecule has 0 saturated heterocycles. The molecule has 116 valence electrons. The van der Waals surface area contributed by atoms with Gasteiger partial charge in [-0.1, -0.05) is 35.5 Å². The lowest BCUT2D eigenvalue weighted by Crippen LogP contribution is -2.37. The van der Waals surface area contributed by atoms with Crippen LogP contribution in [-0.4, -0.2) is 41.5 Å². The number of nitrogens with zero attached hydrogens (tertiary/aromatic N) is 1. The molecule has 2 amide bonds. The molecule has 0 unspecified atom stereocenters. The van der Waals surface area contributed by atoms with Gasteiger partial charge in [0.15, 0.2) is 0 Å². The second-order valence-electron chi connectivity index (χ2n) is 3.88. The molecule has 1 aromatic rings. The predicted molar refractivity (Wildman–Crippen MR) is 81.2 cm³/mol. The highest BCUT2D eigenvalue weighted by molar-refractivity contribution is 7.99. The zero-order valence-corrected chi connectivity index (χ0v) is 12.6. The Bertz CT molecular complexity index is 503. The van der Waals surface area contributed by atoms with Crippen LogP contribution in [0.1, 0.15) is 0 Å². The summed E-state index contributed by atoms with van der Waals surface area (Å²) in [5.74, 6) is -2.65. The molecular weight excluding hydrogens is 322 g/mol. The number of hydrogen-bond donors (Lipinski definition) is 2. The number of urea groups is 1. The molecule has 21 heavy (non-hydrogen) atoms. The van der Waals surface area contributed by atoms with E-state index in [0.29, 0.717) is 0 Å². The molecule has 2 N–H and O–H groups in total. The van der Waals surface area contributed by atoms with Crippen molar-refractivity contribution < 1.29 is 18.7 Å². The monoisotopic (exact) mass is 336 g/mol. The van der Waals surface area contributed by atoms with E-state index in [-0.39, 0.29) is 47.1 Å². The van der Waals surface area contributed by atoms with Gasteiger partial charge in [-0.15, -0.1) is 6.58 Å². The van der Waals surface area contributed by atoms with Crippen molar-refractivity contribution in [2.24, 2.45) is 0 Å². The first-order chi connectivity index (χ1) is 9.99. The molecule has 1 aromatic carbocycles. The molecule has 1 rings (SSSR count). The maximum atomic E-state index is 12.6. The molecule has 0 fully saturated rings. The number of hydrogen-bond acceptors (Lipinski definition) is 3. The van der Waals surface area contributed by atoms with Crippen LogP contribution in [0.2, 0.25) is 5.02 Å². The maximum absolute atomic E-state index is 12.6. The molecule has 0 aliphatic carbocycles. The molecule has 0 saturated carbocycles. The summed E-state index contributed by atoms with van der Waals surface area (Å²) < 4.78 is 25.1. The first-order valence-electron chi connectivity index (χ1n) is 6.00. The molecule has 0 radical (unpaired) electrons. The van der Waals surface area contributed by atoms with E-state index in [1.54, 1.807) is 6.07 Å². The summed E-state index contributed by atoms with van der Waals surface area (Å²) in [7, 11) is 0. The lowest BCUT2D eigenvalue weighted by atomic mass is 10.3. The molecule has 0 heterocycles. The van der Waals surface area contributed by atoms with Gasteiger partial charge in [0.1, 0.15) is 0 Å². The van der Waals surface area contributed by atoms with Gasteiger partial charge in [0.05, 0.1) is 22.2 Å². The number of halogens is 3. The van der Waals surface area contributed by atoms with Crippen LogP contribution >= 0.6 is 23.4 Å². The molecule has 8 heteroatoms. The van der Waals surface area contributed by atoms with Gasteiger partial charge < -0.3 is 15.3 Å². The van der Waals surface area contributed by atoms with E-state index < -0.39 is 11.8 Å². The van der Waals surface area contributed by atoms with Gasteiger partial charge in [-0.3, -0.25) is 0 Å². The van der Waals surface area contributed by atoms with Crippen molar-refractivity contribution in [2.75, 3.05) is 25.0 Å². The summed E-state index contributed by atoms with van der Waals surface area (Å²) in [6, 6.07) is 3.98. The molecule has 0 bridgehead atoms. The summed E-state index contributed by atoms with van der Waals surface area (Å²) >= 11 is 6.15. The molecule has 4 nitrogen and oxygen atoms in total. The van der Waals surface area contributed by atoms with Crippen molar-refractivity contribution in [2.45, 2.75) is 10.7 Å². The number of thioether (sulfide) groups is 1. The van der Waals surface area contributed by atoms with Crippen molar-refractivity contribution >= 4 is 35.1 Å². The lowest BCUT2D eigenvalue weighted by molar-refractivity contribution is 0.195. The van der Waals surface area contributed by atoms with Crippen LogP contribution in [-0.2, 0) is 0 Å². The minimum atomic E-state index is -2.65. The van der Waals surface area contributed by atoms with Crippen LogP contribution < -0.4 is 5.32 Å². The zero-order valence-electron chi connectivity index (χ0n) is 11.1. The van der Waals surface area contributed by atoms with Crippen molar-refractivity contribution in [1.82, 2.24) is 4.90 Å². The second-order valence-corrected chi connectivity index (χ2v) is 5.29. The Kier molecular flexibility index (Phi) is 7.49. The van der Waals surface area contributed by atoms with Crippen LogP contribution in [0.3, 0.4) is 0 Å². The van der Waals surface area contributed by atoms with Crippen molar-refractivity contribution in [3.05, 3.63) is 35.9 Å². The molecule has 0 aliphatic rings. The highest BCUT2D eigenvalue weighted by Crippen LogP contribution is 2.37. The van der Waals surface area contributed by atoms with Crippen molar-refractivity contribution in [3.63, 3.8) is 0 Å². The largest absolute Gasteiger partial charge is 0.395 e. The van der Waals surface area contributed by atoms with E-state index in [1.165, 1.54) is 23.1 Å². The summed E-state index contributed by atoms with van der Waals surface area (Å²) in [6.45, 7) is 3.64. The number of benzene rings is 1. The summed E-state index contributed by atoms with van der Waals surface area (Å²) in [6.07, 6.45) is 1.50. The van der Waals surface area contributed by atoms with E-state index in [4.69, 9.17) is 16.7 Å². The minimum Gasteiger partial charge on any atom is -0.395 e. The maximum Gasteiger partial charge on any atom is 0.322 e. The quantitative estimate of drug-likeness (QED) is 0.590. The number of alkyl halides is 2. The van der Waals surface area contributed by atoms with Crippen LogP contribution in [0.15, 0.2) is 35.7 Å². The van der Waals surface area contributed by atoms with E-state index >= 15 is 0 Å². The molecule has 0 atom stereocenters. The normalized spacial score (nSPS) is 10.5. The molecule has 0 aromatic heterocycles. The highest BCUT2D eigenvalue weighted by atomic mass is 35.5. The number of carbonyl (C=O) groups excluding carboxylic acids is 1. The van der Waals surface area contributed by atoms with Gasteiger partial charge in [-0.25, -0.2) is 4.79 Å². The van der Waals surface area contributed by atoms with Crippen LogP contribution in [0.4, 0.5) is 19.3 Å². The highest BCUT2D eigenvalue weighted by Gasteiger charge is 2.17. The number of nitrogens with one attached hydrogen (secondary N) is 1. The van der Waals surface area contributed by atoms with E-state index in [9.17, 15) is 13.6 Å². The smallest absolute Gasteiger partial charge is 0.322 e. The van der Waals surface area contributed by atoms with Gasteiger partial charge in [0.2, 0.25) is 0 Å².